The summed E-state index contributed by atoms with van der Waals surface area (Å²) >= 11 is 1.17. The number of amides is 4. The number of rotatable bonds is 11. The van der Waals surface area contributed by atoms with Crippen molar-refractivity contribution in [3.05, 3.63) is 77.3 Å². The highest BCUT2D eigenvalue weighted by molar-refractivity contribution is 7.03. The van der Waals surface area contributed by atoms with Crippen molar-refractivity contribution < 1.29 is 42.9 Å². The lowest BCUT2D eigenvalue weighted by Gasteiger charge is -2.35. The summed E-state index contributed by atoms with van der Waals surface area (Å²) in [4.78, 5) is 70.5. The number of halogens is 1. The number of carbonyl (C=O) groups is 4. The van der Waals surface area contributed by atoms with Crippen molar-refractivity contribution in [2.75, 3.05) is 27.3 Å². The lowest BCUT2D eigenvalue weighted by Crippen LogP contribution is -2.56. The number of aromatic amines is 2. The number of nitrogens with one attached hydrogen (secondary N) is 4. The average Bonchev–Trinajstić information content (AvgIpc) is 4.16. The molecule has 7 heterocycles. The molecular formula is C45H50FN11O8S. The van der Waals surface area contributed by atoms with Crippen molar-refractivity contribution in [2.24, 2.45) is 11.8 Å². The molecule has 21 heteroatoms. The van der Waals surface area contributed by atoms with Crippen molar-refractivity contribution in [1.82, 2.24) is 54.5 Å². The maximum Gasteiger partial charge on any atom is 0.407 e. The number of ether oxygens (including phenoxy) is 3. The van der Waals surface area contributed by atoms with Gasteiger partial charge in [-0.25, -0.2) is 23.9 Å². The standard InChI is InChI=1S/C45H50FN11O8S/c1-22(2)36(51-43(60)63-5)39(58)55-13-7-9-32(55)38-47-19-29(49-38)25-16-27(46)35-33-17-26-15-24(10-11-31(26)57(33)41(65-34(35)18-25)30-21-66-54-53-30)28-20-48-42(50-28)45(62)12-8-14-56(45)40(59)37(23(3)4)52-44(61)64-6/h10-11,15-23,32,36-37,41,62H,7-9,12-14H2,1-6H3,(H,47,49)(H,48,50)(H,51,60)(H,52,61)/t32-,36?,37-,41?,45-/m0/s1. The second-order valence-corrected chi connectivity index (χ2v) is 18.1. The van der Waals surface area contributed by atoms with E-state index in [1.165, 1.54) is 36.7 Å². The van der Waals surface area contributed by atoms with Crippen LogP contribution in [-0.4, -0.2) is 112 Å². The fourth-order valence-electron chi connectivity index (χ4n) is 9.30. The second kappa shape index (κ2) is 17.5. The molecule has 5 N–H and O–H groups in total. The highest BCUT2D eigenvalue weighted by Crippen LogP contribution is 2.47. The van der Waals surface area contributed by atoms with Crippen molar-refractivity contribution in [1.29, 1.82) is 0 Å². The van der Waals surface area contributed by atoms with Crippen molar-refractivity contribution in [3.63, 3.8) is 0 Å². The van der Waals surface area contributed by atoms with Gasteiger partial charge in [-0.1, -0.05) is 38.2 Å². The monoisotopic (exact) mass is 923 g/mol. The van der Waals surface area contributed by atoms with Gasteiger partial charge in [0.25, 0.3) is 0 Å². The normalized spacial score (nSPS) is 20.0. The lowest BCUT2D eigenvalue weighted by molar-refractivity contribution is -0.159. The van der Waals surface area contributed by atoms with Crippen molar-refractivity contribution in [2.45, 2.75) is 83.5 Å². The molecule has 0 saturated carbocycles. The Kier molecular flexibility index (Phi) is 11.8. The van der Waals surface area contributed by atoms with Gasteiger partial charge in [0.05, 0.1) is 60.8 Å². The zero-order chi connectivity index (χ0) is 46.6. The Hall–Kier alpha value is -6.87. The fourth-order valence-corrected chi connectivity index (χ4v) is 9.76. The number of carbonyl (C=O) groups excluding carboxylic acids is 4. The van der Waals surface area contributed by atoms with Gasteiger partial charge in [-0.05, 0) is 73.0 Å². The van der Waals surface area contributed by atoms with Crippen LogP contribution in [0.15, 0.2) is 54.2 Å². The molecule has 2 unspecified atom stereocenters. The van der Waals surface area contributed by atoms with Gasteiger partial charge in [-0.15, -0.1) is 5.10 Å². The van der Waals surface area contributed by atoms with E-state index in [0.29, 0.717) is 53.5 Å². The van der Waals surface area contributed by atoms with Crippen LogP contribution in [0.5, 0.6) is 5.75 Å². The van der Waals surface area contributed by atoms with E-state index in [2.05, 4.69) is 40.2 Å². The van der Waals surface area contributed by atoms with Crippen LogP contribution in [-0.2, 0) is 24.8 Å². The first-order valence-electron chi connectivity index (χ1n) is 21.8. The predicted octanol–water partition coefficient (Wildman–Crippen LogP) is 6.21. The number of aromatic nitrogens is 7. The number of methoxy groups -OCH3 is 2. The van der Waals surface area contributed by atoms with Crippen LogP contribution in [0.1, 0.15) is 83.0 Å². The molecule has 0 aliphatic carbocycles. The third-order valence-corrected chi connectivity index (χ3v) is 13.2. The third kappa shape index (κ3) is 7.78. The highest BCUT2D eigenvalue weighted by Gasteiger charge is 2.48. The number of hydrogen-bond acceptors (Lipinski definition) is 13. The molecule has 346 valence electrons. The molecule has 2 fully saturated rings. The molecule has 3 aliphatic heterocycles. The largest absolute Gasteiger partial charge is 0.463 e. The molecule has 2 saturated heterocycles. The van der Waals surface area contributed by atoms with E-state index in [9.17, 15) is 24.3 Å². The summed E-state index contributed by atoms with van der Waals surface area (Å²) in [5.74, 6) is -0.693. The Bertz CT molecular complexity index is 2820. The first-order valence-corrected chi connectivity index (χ1v) is 22.6. The molecule has 0 radical (unpaired) electrons. The van der Waals surface area contributed by atoms with Crippen LogP contribution < -0.4 is 15.4 Å². The van der Waals surface area contributed by atoms with Crippen LogP contribution in [0, 0.1) is 17.7 Å². The fraction of sp³-hybridized carbons (Fsp3) is 0.422. The zero-order valence-corrected chi connectivity index (χ0v) is 37.9. The van der Waals surface area contributed by atoms with Crippen LogP contribution >= 0.6 is 11.5 Å². The average molecular weight is 924 g/mol. The van der Waals surface area contributed by atoms with Gasteiger partial charge in [0.2, 0.25) is 18.0 Å². The molecule has 4 amide bonds. The van der Waals surface area contributed by atoms with Gasteiger partial charge in [0.15, 0.2) is 11.5 Å². The molecular weight excluding hydrogens is 874 g/mol. The van der Waals surface area contributed by atoms with Gasteiger partial charge in [-0.2, -0.15) is 0 Å². The SMILES string of the molecule is COC(=O)NC(C(=O)N1CCC[C@H]1c1ncc(-c2cc(F)c3c(c2)OC(c2csnn2)n2c-3cc3cc(-c4cnc([C@@]5(O)CCCN5C(=O)[C@@H](NC(=O)OC)C(C)C)[nH]4)ccc32)[nH]1)C(C)C. The van der Waals surface area contributed by atoms with Crippen molar-refractivity contribution >= 4 is 46.4 Å². The summed E-state index contributed by atoms with van der Waals surface area (Å²) in [6, 6.07) is 8.66. The van der Waals surface area contributed by atoms with Gasteiger partial charge in [0, 0.05) is 41.4 Å². The summed E-state index contributed by atoms with van der Waals surface area (Å²) < 4.78 is 38.8. The van der Waals surface area contributed by atoms with E-state index < -0.39 is 47.9 Å². The number of fused-ring (bicyclic) bond motifs is 5. The Labute approximate surface area is 382 Å². The number of likely N-dealkylation sites (tertiary alicyclic amines) is 2. The van der Waals surface area contributed by atoms with Gasteiger partial charge in [0.1, 0.15) is 35.2 Å². The summed E-state index contributed by atoms with van der Waals surface area (Å²) in [7, 11) is 2.48. The van der Waals surface area contributed by atoms with E-state index in [0.717, 1.165) is 22.9 Å². The van der Waals surface area contributed by atoms with Crippen LogP contribution in [0.25, 0.3) is 44.7 Å². The predicted molar refractivity (Wildman–Crippen MR) is 238 cm³/mol. The molecule has 6 aromatic rings. The third-order valence-electron chi connectivity index (χ3n) is 12.7. The summed E-state index contributed by atoms with van der Waals surface area (Å²) in [6.45, 7) is 8.05. The topological polar surface area (TPSA) is 235 Å². The first-order chi connectivity index (χ1) is 31.7. The van der Waals surface area contributed by atoms with Crippen LogP contribution in [0.4, 0.5) is 14.0 Å². The van der Waals surface area contributed by atoms with Crippen molar-refractivity contribution in [3.8, 4) is 39.5 Å². The summed E-state index contributed by atoms with van der Waals surface area (Å²) in [6.07, 6.45) is 3.12. The number of benzene rings is 2. The number of nitrogens with zero attached hydrogens (tertiary/aromatic N) is 7. The van der Waals surface area contributed by atoms with E-state index in [1.807, 2.05) is 42.7 Å². The molecule has 19 nitrogen and oxygen atoms in total. The van der Waals surface area contributed by atoms with Gasteiger partial charge in [-0.3, -0.25) is 14.2 Å². The lowest BCUT2D eigenvalue weighted by atomic mass is 10.0. The highest BCUT2D eigenvalue weighted by atomic mass is 32.1. The summed E-state index contributed by atoms with van der Waals surface area (Å²) in [5.41, 5.74) is 2.62. The quantitative estimate of drug-likeness (QED) is 0.0976. The maximum atomic E-state index is 16.7. The van der Waals surface area contributed by atoms with Crippen LogP contribution in [0.3, 0.4) is 0 Å². The molecule has 2 aromatic carbocycles. The number of imidazole rings is 2. The van der Waals surface area contributed by atoms with E-state index in [1.54, 1.807) is 42.6 Å². The number of hydrogen-bond donors (Lipinski definition) is 5. The zero-order valence-electron chi connectivity index (χ0n) is 37.1. The minimum Gasteiger partial charge on any atom is -0.463 e. The van der Waals surface area contributed by atoms with E-state index in [4.69, 9.17) is 14.2 Å². The molecule has 3 aliphatic rings. The number of H-pyrrole nitrogens is 2. The minimum absolute atomic E-state index is 0.183. The van der Waals surface area contributed by atoms with Gasteiger partial charge >= 0.3 is 12.2 Å². The molecule has 0 spiro atoms. The number of aliphatic hydroxyl groups is 1. The Morgan fingerprint density at radius 2 is 1.62 bits per heavy atom. The Morgan fingerprint density at radius 3 is 2.32 bits per heavy atom. The van der Waals surface area contributed by atoms with Gasteiger partial charge < -0.3 is 49.7 Å². The molecule has 0 bridgehead atoms. The van der Waals surface area contributed by atoms with E-state index >= 15 is 4.39 Å². The smallest absolute Gasteiger partial charge is 0.407 e. The maximum absolute atomic E-state index is 16.7. The molecule has 5 atom stereocenters. The first kappa shape index (κ1) is 44.3. The molecule has 66 heavy (non-hydrogen) atoms. The minimum atomic E-state index is -1.75. The Morgan fingerprint density at radius 1 is 0.909 bits per heavy atom. The Balaban J connectivity index is 1.02. The van der Waals surface area contributed by atoms with E-state index in [-0.39, 0.29) is 53.9 Å². The molecule has 9 rings (SSSR count). The number of alkyl carbamates (subject to hydrolysis) is 2. The summed E-state index contributed by atoms with van der Waals surface area (Å²) in [5, 5.41) is 24.1. The van der Waals surface area contributed by atoms with Crippen LogP contribution in [0.2, 0.25) is 0 Å². The second-order valence-electron chi connectivity index (χ2n) is 17.4. The molecule has 4 aromatic heterocycles.